The van der Waals surface area contributed by atoms with E-state index in [-0.39, 0.29) is 11.1 Å². The van der Waals surface area contributed by atoms with Gasteiger partial charge < -0.3 is 9.13 Å². The Morgan fingerprint density at radius 2 is 1.04 bits per heavy atom. The Morgan fingerprint density at radius 1 is 0.509 bits per heavy atom. The van der Waals surface area contributed by atoms with Crippen molar-refractivity contribution in [2.75, 3.05) is 0 Å². The molecule has 0 radical (unpaired) electrons. The maximum absolute atomic E-state index is 14.8. The summed E-state index contributed by atoms with van der Waals surface area (Å²) in [6.45, 7) is 2.44. The fourth-order valence-electron chi connectivity index (χ4n) is 8.01. The summed E-state index contributed by atoms with van der Waals surface area (Å²) in [4.78, 5) is 29.0. The molecular weight excluding hydrogens is 681 g/mol. The Labute approximate surface area is 315 Å². The molecule has 0 saturated carbocycles. The van der Waals surface area contributed by atoms with Crippen LogP contribution >= 0.6 is 0 Å². The Bertz CT molecular complexity index is 3230. The molecule has 0 atom stereocenters. The second kappa shape index (κ2) is 12.7. The van der Waals surface area contributed by atoms with Crippen molar-refractivity contribution in [1.29, 1.82) is 0 Å². The average molecular weight is 715 g/mol. The summed E-state index contributed by atoms with van der Waals surface area (Å²) < 4.78 is 7.12. The van der Waals surface area contributed by atoms with Gasteiger partial charge in [-0.2, -0.15) is 19.6 Å². The van der Waals surface area contributed by atoms with Crippen LogP contribution in [0.4, 0.5) is 0 Å². The van der Waals surface area contributed by atoms with Crippen LogP contribution < -0.4 is 11.1 Å². The van der Waals surface area contributed by atoms with Gasteiger partial charge in [-0.3, -0.25) is 9.59 Å². The summed E-state index contributed by atoms with van der Waals surface area (Å²) >= 11 is 0. The number of benzene rings is 6. The molecule has 0 aliphatic rings. The lowest BCUT2D eigenvalue weighted by molar-refractivity contribution is 0.800. The van der Waals surface area contributed by atoms with E-state index in [0.29, 0.717) is 34.6 Å². The van der Waals surface area contributed by atoms with Crippen LogP contribution in [0.1, 0.15) is 11.1 Å². The van der Waals surface area contributed by atoms with Crippen LogP contribution in [0, 0.1) is 6.92 Å². The van der Waals surface area contributed by atoms with Crippen molar-refractivity contribution >= 4 is 43.6 Å². The van der Waals surface area contributed by atoms with Crippen LogP contribution in [0.5, 0.6) is 0 Å². The summed E-state index contributed by atoms with van der Waals surface area (Å²) in [5.41, 5.74) is 9.39. The number of nitrogens with zero attached hydrogens (tertiary/aromatic N) is 6. The van der Waals surface area contributed by atoms with Gasteiger partial charge in [0, 0.05) is 57.3 Å². The third kappa shape index (κ3) is 5.14. The van der Waals surface area contributed by atoms with Crippen molar-refractivity contribution in [2.24, 2.45) is 7.05 Å². The molecule has 4 heterocycles. The van der Waals surface area contributed by atoms with Crippen molar-refractivity contribution in [1.82, 2.24) is 28.7 Å². The van der Waals surface area contributed by atoms with E-state index in [1.54, 1.807) is 0 Å². The SMILES string of the molecule is Cc1ccc(-n2nc(-c3ccccc3)c3c4ccccc4n(Cc4cccc(-c5nn(-c6ccccc6)c(=O)c6c5c5ccccc5n6C)c4)c3c2=O)cc1. The second-order valence-electron chi connectivity index (χ2n) is 14.0. The summed E-state index contributed by atoms with van der Waals surface area (Å²) in [7, 11) is 1.94. The molecule has 0 aliphatic carbocycles. The van der Waals surface area contributed by atoms with Crippen molar-refractivity contribution in [3.8, 4) is 33.9 Å². The first kappa shape index (κ1) is 32.3. The molecule has 0 N–H and O–H groups in total. The molecule has 0 spiro atoms. The number of rotatable bonds is 6. The minimum absolute atomic E-state index is 0.183. The summed E-state index contributed by atoms with van der Waals surface area (Å²) in [5.74, 6) is 0. The largest absolute Gasteiger partial charge is 0.339 e. The van der Waals surface area contributed by atoms with Crippen LogP contribution in [-0.2, 0) is 13.6 Å². The fourth-order valence-corrected chi connectivity index (χ4v) is 8.01. The minimum Gasteiger partial charge on any atom is -0.339 e. The number of fused-ring (bicyclic) bond motifs is 6. The first-order chi connectivity index (χ1) is 27.0. The van der Waals surface area contributed by atoms with Crippen LogP contribution in [0.25, 0.3) is 77.5 Å². The van der Waals surface area contributed by atoms with Crippen LogP contribution in [0.2, 0.25) is 0 Å². The molecule has 0 amide bonds. The van der Waals surface area contributed by atoms with Gasteiger partial charge in [-0.05, 0) is 55.0 Å². The fraction of sp³-hybridized carbons (Fsp3) is 0.0638. The molecule has 55 heavy (non-hydrogen) atoms. The molecule has 8 heteroatoms. The van der Waals surface area contributed by atoms with E-state index >= 15 is 0 Å². The molecule has 8 nitrogen and oxygen atoms in total. The van der Waals surface area contributed by atoms with Crippen molar-refractivity contribution in [3.63, 3.8) is 0 Å². The molecule has 4 aromatic heterocycles. The lowest BCUT2D eigenvalue weighted by Gasteiger charge is -2.13. The zero-order valence-corrected chi connectivity index (χ0v) is 30.2. The minimum atomic E-state index is -0.194. The number of aromatic nitrogens is 6. The first-order valence-corrected chi connectivity index (χ1v) is 18.3. The highest BCUT2D eigenvalue weighted by molar-refractivity contribution is 6.14. The topological polar surface area (TPSA) is 79.6 Å². The van der Waals surface area contributed by atoms with Gasteiger partial charge in [-0.1, -0.05) is 121 Å². The van der Waals surface area contributed by atoms with E-state index in [2.05, 4.69) is 34.9 Å². The number of para-hydroxylation sites is 3. The van der Waals surface area contributed by atoms with Gasteiger partial charge in [0.25, 0.3) is 11.1 Å². The van der Waals surface area contributed by atoms with E-state index in [4.69, 9.17) is 10.2 Å². The Morgan fingerprint density at radius 3 is 1.75 bits per heavy atom. The average Bonchev–Trinajstić information content (AvgIpc) is 3.72. The maximum atomic E-state index is 14.8. The van der Waals surface area contributed by atoms with Crippen molar-refractivity contribution < 1.29 is 0 Å². The third-order valence-electron chi connectivity index (χ3n) is 10.6. The van der Waals surface area contributed by atoms with Crippen LogP contribution in [0.3, 0.4) is 0 Å². The smallest absolute Gasteiger partial charge is 0.296 e. The highest BCUT2D eigenvalue weighted by Gasteiger charge is 2.24. The van der Waals surface area contributed by atoms with Gasteiger partial charge in [0.2, 0.25) is 0 Å². The zero-order valence-electron chi connectivity index (χ0n) is 30.2. The Kier molecular flexibility index (Phi) is 7.45. The van der Waals surface area contributed by atoms with Gasteiger partial charge >= 0.3 is 0 Å². The van der Waals surface area contributed by atoms with Gasteiger partial charge in [0.05, 0.1) is 11.4 Å². The number of hydrogen-bond acceptors (Lipinski definition) is 4. The van der Waals surface area contributed by atoms with E-state index in [9.17, 15) is 9.59 Å². The Balaban J connectivity index is 1.22. The first-order valence-electron chi connectivity index (χ1n) is 18.3. The van der Waals surface area contributed by atoms with E-state index in [1.165, 1.54) is 9.36 Å². The van der Waals surface area contributed by atoms with Crippen LogP contribution in [-0.4, -0.2) is 28.7 Å². The summed E-state index contributed by atoms with van der Waals surface area (Å²) in [5, 5.41) is 13.7. The van der Waals surface area contributed by atoms with Crippen molar-refractivity contribution in [2.45, 2.75) is 13.5 Å². The predicted molar refractivity (Wildman–Crippen MR) is 221 cm³/mol. The monoisotopic (exact) mass is 714 g/mol. The van der Waals surface area contributed by atoms with Gasteiger partial charge in [-0.15, -0.1) is 0 Å². The van der Waals surface area contributed by atoms with Gasteiger partial charge in [0.1, 0.15) is 22.4 Å². The zero-order chi connectivity index (χ0) is 37.2. The molecule has 10 rings (SSSR count). The molecule has 6 aromatic carbocycles. The van der Waals surface area contributed by atoms with Gasteiger partial charge in [-0.25, -0.2) is 0 Å². The molecule has 10 aromatic rings. The molecule has 0 saturated heterocycles. The third-order valence-corrected chi connectivity index (χ3v) is 10.6. The van der Waals surface area contributed by atoms with Gasteiger partial charge in [0.15, 0.2) is 0 Å². The van der Waals surface area contributed by atoms with Crippen molar-refractivity contribution in [3.05, 3.63) is 190 Å². The lowest BCUT2D eigenvalue weighted by atomic mass is 10.0. The molecule has 0 unspecified atom stereocenters. The molecular formula is C47H34N6O2. The number of aryl methyl sites for hydroxylation is 2. The Hall–Kier alpha value is -7.32. The van der Waals surface area contributed by atoms with Crippen LogP contribution in [0.15, 0.2) is 167 Å². The van der Waals surface area contributed by atoms with E-state index in [0.717, 1.165) is 60.5 Å². The highest BCUT2D eigenvalue weighted by atomic mass is 16.1. The quantitative estimate of drug-likeness (QED) is 0.172. The molecule has 0 bridgehead atoms. The highest BCUT2D eigenvalue weighted by Crippen LogP contribution is 2.37. The van der Waals surface area contributed by atoms with E-state index in [1.807, 2.05) is 146 Å². The van der Waals surface area contributed by atoms with E-state index < -0.39 is 0 Å². The molecule has 0 aliphatic heterocycles. The summed E-state index contributed by atoms with van der Waals surface area (Å²) in [6.07, 6.45) is 0. The second-order valence-corrected chi connectivity index (χ2v) is 14.0. The molecule has 0 fully saturated rings. The normalized spacial score (nSPS) is 11.7. The maximum Gasteiger partial charge on any atom is 0.296 e. The predicted octanol–water partition coefficient (Wildman–Crippen LogP) is 9.22. The summed E-state index contributed by atoms with van der Waals surface area (Å²) in [6, 6.07) is 52.0. The number of hydrogen-bond donors (Lipinski definition) is 0. The lowest BCUT2D eigenvalue weighted by Crippen LogP contribution is -2.24. The molecule has 264 valence electrons. The standard InChI is InChI=1S/C47H34N6O2/c1-30-24-26-35(27-25-30)53-47(55)45-41(42(48-53)32-15-5-3-6-16-32)37-21-10-12-23-39(37)51(45)29-31-14-13-17-33(28-31)43-40-36-20-9-11-22-38(36)50(2)44(40)46(54)52(49-43)34-18-7-4-8-19-34/h3-28H,29H2,1-2H3.